The van der Waals surface area contributed by atoms with E-state index in [0.29, 0.717) is 0 Å². The highest BCUT2D eigenvalue weighted by molar-refractivity contribution is 9.10. The van der Waals surface area contributed by atoms with Crippen LogP contribution in [0.4, 0.5) is 5.69 Å². The highest BCUT2D eigenvalue weighted by atomic mass is 79.9. The maximum Gasteiger partial charge on any atom is 0.0691 e. The van der Waals surface area contributed by atoms with Gasteiger partial charge in [-0.2, -0.15) is 0 Å². The fraction of sp³-hybridized carbons (Fsp3) is 0.706. The molecule has 4 saturated carbocycles. The molecule has 0 unspecified atom stereocenters. The predicted octanol–water partition coefficient (Wildman–Crippen LogP) is 4.24. The molecule has 0 radical (unpaired) electrons. The number of rotatable bonds is 5. The van der Waals surface area contributed by atoms with Crippen molar-refractivity contribution in [2.24, 2.45) is 17.8 Å². The van der Waals surface area contributed by atoms with Gasteiger partial charge in [0.2, 0.25) is 0 Å². The lowest BCUT2D eigenvalue weighted by Gasteiger charge is -2.56. The number of halogens is 1. The van der Waals surface area contributed by atoms with Crippen molar-refractivity contribution < 1.29 is 4.74 Å². The van der Waals surface area contributed by atoms with E-state index < -0.39 is 0 Å². The first kappa shape index (κ1) is 14.0. The van der Waals surface area contributed by atoms with Crippen LogP contribution in [0.25, 0.3) is 0 Å². The van der Waals surface area contributed by atoms with Crippen LogP contribution in [-0.2, 0) is 4.74 Å². The Morgan fingerprint density at radius 1 is 1.14 bits per heavy atom. The van der Waals surface area contributed by atoms with Gasteiger partial charge < -0.3 is 10.1 Å². The summed E-state index contributed by atoms with van der Waals surface area (Å²) in [6.07, 6.45) is 12.0. The SMILES string of the molecule is Brc1cncc(NCCOC23CC4CC(CC(C4)C2)C3)c1. The summed E-state index contributed by atoms with van der Waals surface area (Å²) in [6, 6.07) is 2.05. The number of hydrogen-bond donors (Lipinski definition) is 1. The molecule has 0 atom stereocenters. The number of nitrogens with zero attached hydrogens (tertiary/aromatic N) is 1. The molecule has 1 aromatic rings. The van der Waals surface area contributed by atoms with Gasteiger partial charge in [0.05, 0.1) is 24.1 Å². The van der Waals surface area contributed by atoms with Gasteiger partial charge in [0.15, 0.2) is 0 Å². The van der Waals surface area contributed by atoms with Crippen molar-refractivity contribution >= 4 is 21.6 Å². The molecule has 3 nitrogen and oxygen atoms in total. The summed E-state index contributed by atoms with van der Waals surface area (Å²) in [5.74, 6) is 2.87. The molecule has 0 spiro atoms. The zero-order chi connectivity index (χ0) is 14.3. The Morgan fingerprint density at radius 3 is 2.43 bits per heavy atom. The molecule has 4 heteroatoms. The summed E-state index contributed by atoms with van der Waals surface area (Å²) >= 11 is 3.45. The summed E-state index contributed by atoms with van der Waals surface area (Å²) in [5, 5.41) is 3.40. The van der Waals surface area contributed by atoms with Gasteiger partial charge in [0.25, 0.3) is 0 Å². The van der Waals surface area contributed by atoms with Gasteiger partial charge in [0.1, 0.15) is 0 Å². The van der Waals surface area contributed by atoms with E-state index in [2.05, 4.69) is 32.3 Å². The quantitative estimate of drug-likeness (QED) is 0.806. The lowest BCUT2D eigenvalue weighted by Crippen LogP contribution is -2.52. The molecule has 0 amide bonds. The second kappa shape index (κ2) is 5.54. The van der Waals surface area contributed by atoms with Crippen LogP contribution in [0.15, 0.2) is 22.9 Å². The summed E-state index contributed by atoms with van der Waals surface area (Å²) < 4.78 is 7.41. The zero-order valence-electron chi connectivity index (χ0n) is 12.4. The van der Waals surface area contributed by atoms with Crippen molar-refractivity contribution in [3.05, 3.63) is 22.9 Å². The fourth-order valence-corrected chi connectivity index (χ4v) is 5.54. The molecular weight excluding hydrogens is 328 g/mol. The average Bonchev–Trinajstić information content (AvgIpc) is 2.42. The van der Waals surface area contributed by atoms with Crippen LogP contribution < -0.4 is 5.32 Å². The normalized spacial score (nSPS) is 36.9. The van der Waals surface area contributed by atoms with E-state index in [1.54, 1.807) is 6.20 Å². The Labute approximate surface area is 135 Å². The Kier molecular flexibility index (Phi) is 3.70. The van der Waals surface area contributed by atoms with Crippen molar-refractivity contribution in [1.82, 2.24) is 4.98 Å². The Morgan fingerprint density at radius 2 is 1.81 bits per heavy atom. The predicted molar refractivity (Wildman–Crippen MR) is 87.3 cm³/mol. The first-order chi connectivity index (χ1) is 10.2. The molecular formula is C17H23BrN2O. The van der Waals surface area contributed by atoms with Crippen LogP contribution in [0.3, 0.4) is 0 Å². The second-order valence-corrected chi connectivity index (χ2v) is 8.18. The van der Waals surface area contributed by atoms with Gasteiger partial charge >= 0.3 is 0 Å². The van der Waals surface area contributed by atoms with Crippen LogP contribution in [0.5, 0.6) is 0 Å². The molecule has 4 bridgehead atoms. The van der Waals surface area contributed by atoms with Crippen molar-refractivity contribution in [1.29, 1.82) is 0 Å². The van der Waals surface area contributed by atoms with Gasteiger partial charge in [0, 0.05) is 17.2 Å². The number of aromatic nitrogens is 1. The zero-order valence-corrected chi connectivity index (χ0v) is 13.9. The van der Waals surface area contributed by atoms with E-state index in [-0.39, 0.29) is 5.60 Å². The first-order valence-corrected chi connectivity index (χ1v) is 8.98. The number of ether oxygens (including phenoxy) is 1. The summed E-state index contributed by atoms with van der Waals surface area (Å²) in [6.45, 7) is 1.67. The molecule has 5 rings (SSSR count). The van der Waals surface area contributed by atoms with E-state index in [1.807, 2.05) is 6.20 Å². The van der Waals surface area contributed by atoms with E-state index in [0.717, 1.165) is 41.1 Å². The lowest BCUT2D eigenvalue weighted by atomic mass is 9.54. The maximum absolute atomic E-state index is 6.40. The lowest BCUT2D eigenvalue weighted by molar-refractivity contribution is -0.159. The largest absolute Gasteiger partial charge is 0.381 e. The van der Waals surface area contributed by atoms with Crippen LogP contribution in [0, 0.1) is 17.8 Å². The molecule has 0 saturated heterocycles. The molecule has 4 aliphatic rings. The highest BCUT2D eigenvalue weighted by Gasteiger charge is 2.51. The van der Waals surface area contributed by atoms with Crippen LogP contribution >= 0.6 is 15.9 Å². The third-order valence-corrected chi connectivity index (χ3v) is 5.96. The molecule has 4 aliphatic carbocycles. The average molecular weight is 351 g/mol. The molecule has 1 aromatic heterocycles. The van der Waals surface area contributed by atoms with Crippen molar-refractivity contribution in [2.45, 2.75) is 44.1 Å². The van der Waals surface area contributed by atoms with E-state index in [1.165, 1.54) is 38.5 Å². The topological polar surface area (TPSA) is 34.2 Å². The van der Waals surface area contributed by atoms with Gasteiger partial charge in [-0.3, -0.25) is 4.98 Å². The van der Waals surface area contributed by atoms with Gasteiger partial charge in [-0.05, 0) is 78.3 Å². The molecule has 4 fully saturated rings. The van der Waals surface area contributed by atoms with Crippen LogP contribution in [0.2, 0.25) is 0 Å². The Hall–Kier alpha value is -0.610. The van der Waals surface area contributed by atoms with Crippen molar-refractivity contribution in [3.8, 4) is 0 Å². The summed E-state index contributed by atoms with van der Waals surface area (Å²) in [7, 11) is 0. The van der Waals surface area contributed by atoms with Crippen molar-refractivity contribution in [2.75, 3.05) is 18.5 Å². The van der Waals surface area contributed by atoms with E-state index in [9.17, 15) is 0 Å². The number of anilines is 1. The standard InChI is InChI=1S/C17H23BrN2O/c18-15-6-16(11-19-10-15)20-1-2-21-17-7-12-3-13(8-17)5-14(4-12)9-17/h6,10-14,20H,1-5,7-9H2. The van der Waals surface area contributed by atoms with Crippen LogP contribution in [0.1, 0.15) is 38.5 Å². The van der Waals surface area contributed by atoms with E-state index in [4.69, 9.17) is 4.74 Å². The minimum Gasteiger partial charge on any atom is -0.381 e. The molecule has 21 heavy (non-hydrogen) atoms. The molecule has 0 aliphatic heterocycles. The smallest absolute Gasteiger partial charge is 0.0691 e. The monoisotopic (exact) mass is 350 g/mol. The molecule has 114 valence electrons. The third-order valence-electron chi connectivity index (χ3n) is 5.53. The summed E-state index contributed by atoms with van der Waals surface area (Å²) in [4.78, 5) is 4.17. The molecule has 1 heterocycles. The maximum atomic E-state index is 6.40. The molecule has 0 aromatic carbocycles. The third kappa shape index (κ3) is 2.98. The number of nitrogens with one attached hydrogen (secondary N) is 1. The van der Waals surface area contributed by atoms with E-state index >= 15 is 0 Å². The minimum absolute atomic E-state index is 0.228. The second-order valence-electron chi connectivity index (χ2n) is 7.27. The van der Waals surface area contributed by atoms with Gasteiger partial charge in [-0.1, -0.05) is 0 Å². The minimum atomic E-state index is 0.228. The fourth-order valence-electron chi connectivity index (χ4n) is 5.18. The highest BCUT2D eigenvalue weighted by Crippen LogP contribution is 2.57. The summed E-state index contributed by atoms with van der Waals surface area (Å²) in [5.41, 5.74) is 1.28. The first-order valence-electron chi connectivity index (χ1n) is 8.19. The van der Waals surface area contributed by atoms with Crippen molar-refractivity contribution in [3.63, 3.8) is 0 Å². The molecule has 1 N–H and O–H groups in total. The number of hydrogen-bond acceptors (Lipinski definition) is 3. The number of pyridine rings is 1. The van der Waals surface area contributed by atoms with Gasteiger partial charge in [-0.25, -0.2) is 0 Å². The Bertz CT molecular complexity index is 484. The van der Waals surface area contributed by atoms with Gasteiger partial charge in [-0.15, -0.1) is 0 Å². The van der Waals surface area contributed by atoms with Crippen LogP contribution in [-0.4, -0.2) is 23.7 Å². The Balaban J connectivity index is 1.29.